The third-order valence-corrected chi connectivity index (χ3v) is 4.00. The Morgan fingerprint density at radius 2 is 1.83 bits per heavy atom. The summed E-state index contributed by atoms with van der Waals surface area (Å²) in [5.74, 6) is 0.213. The highest BCUT2D eigenvalue weighted by Crippen LogP contribution is 2.17. The molecule has 1 N–H and O–H groups in total. The SMILES string of the molecule is CC(C)C/C=C(\CNOS(=O)(=O)c1ccc([N+](=O)[O-])cc1)[N+](=O)[O-]. The Labute approximate surface area is 138 Å². The zero-order chi connectivity index (χ0) is 18.3. The van der Waals surface area contributed by atoms with Gasteiger partial charge >= 0.3 is 10.1 Å². The summed E-state index contributed by atoms with van der Waals surface area (Å²) in [6.07, 6.45) is 1.85. The van der Waals surface area contributed by atoms with Gasteiger partial charge < -0.3 is 0 Å². The van der Waals surface area contributed by atoms with Crippen molar-refractivity contribution in [1.29, 1.82) is 0 Å². The average Bonchev–Trinajstić information content (AvgIpc) is 2.50. The van der Waals surface area contributed by atoms with Crippen molar-refractivity contribution in [3.8, 4) is 0 Å². The molecule has 0 atom stereocenters. The van der Waals surface area contributed by atoms with Crippen LogP contribution in [0.1, 0.15) is 20.3 Å². The summed E-state index contributed by atoms with van der Waals surface area (Å²) in [5.41, 5.74) is 1.55. The molecule has 1 aromatic rings. The summed E-state index contributed by atoms with van der Waals surface area (Å²) in [7, 11) is -4.24. The lowest BCUT2D eigenvalue weighted by Gasteiger charge is -2.06. The molecule has 0 aromatic heterocycles. The molecule has 11 heteroatoms. The van der Waals surface area contributed by atoms with Gasteiger partial charge in [-0.25, -0.2) is 0 Å². The van der Waals surface area contributed by atoms with E-state index in [-0.39, 0.29) is 22.2 Å². The van der Waals surface area contributed by atoms with Crippen molar-refractivity contribution in [2.45, 2.75) is 25.2 Å². The largest absolute Gasteiger partial charge is 0.312 e. The van der Waals surface area contributed by atoms with Crippen LogP contribution in [-0.4, -0.2) is 24.8 Å². The van der Waals surface area contributed by atoms with Crippen molar-refractivity contribution in [3.05, 3.63) is 56.3 Å². The Morgan fingerprint density at radius 3 is 2.29 bits per heavy atom. The van der Waals surface area contributed by atoms with Crippen molar-refractivity contribution in [2.24, 2.45) is 5.92 Å². The number of hydroxylamine groups is 1. The molecule has 132 valence electrons. The minimum atomic E-state index is -4.24. The Hall–Kier alpha value is -2.37. The van der Waals surface area contributed by atoms with Crippen LogP contribution in [0.3, 0.4) is 0 Å². The first-order valence-electron chi connectivity index (χ1n) is 6.87. The molecule has 0 bridgehead atoms. The molecule has 0 fully saturated rings. The highest BCUT2D eigenvalue weighted by atomic mass is 32.2. The summed E-state index contributed by atoms with van der Waals surface area (Å²) < 4.78 is 28.3. The van der Waals surface area contributed by atoms with Gasteiger partial charge in [0.15, 0.2) is 0 Å². The lowest BCUT2D eigenvalue weighted by Crippen LogP contribution is -2.25. The fourth-order valence-electron chi connectivity index (χ4n) is 1.55. The van der Waals surface area contributed by atoms with Gasteiger partial charge in [0.1, 0.15) is 6.54 Å². The van der Waals surface area contributed by atoms with E-state index in [0.717, 1.165) is 24.3 Å². The Balaban J connectivity index is 2.72. The van der Waals surface area contributed by atoms with Gasteiger partial charge in [-0.1, -0.05) is 13.8 Å². The molecule has 0 unspecified atom stereocenters. The molecule has 0 aliphatic heterocycles. The predicted octanol–water partition coefficient (Wildman–Crippen LogP) is 2.01. The standard InChI is InChI=1S/C13H17N3O7S/c1-10(2)3-4-12(16(19)20)9-14-23-24(21,22)13-7-5-11(6-8-13)15(17)18/h4-8,10,14H,3,9H2,1-2H3/b12-4+. The van der Waals surface area contributed by atoms with Crippen LogP contribution in [0.2, 0.25) is 0 Å². The Kier molecular flexibility index (Phi) is 6.95. The van der Waals surface area contributed by atoms with Gasteiger partial charge in [-0.3, -0.25) is 20.2 Å². The van der Waals surface area contributed by atoms with Gasteiger partial charge in [0.25, 0.3) is 11.4 Å². The Bertz CT molecular complexity index is 726. The maximum absolute atomic E-state index is 11.9. The third kappa shape index (κ3) is 6.02. The monoisotopic (exact) mass is 359 g/mol. The molecule has 10 nitrogen and oxygen atoms in total. The van der Waals surface area contributed by atoms with Gasteiger partial charge in [-0.2, -0.15) is 18.2 Å². The summed E-state index contributed by atoms with van der Waals surface area (Å²) in [6, 6.07) is 4.05. The number of allylic oxidation sites excluding steroid dienone is 1. The van der Waals surface area contributed by atoms with Crippen molar-refractivity contribution in [1.82, 2.24) is 5.48 Å². The van der Waals surface area contributed by atoms with Crippen LogP contribution >= 0.6 is 0 Å². The second-order valence-electron chi connectivity index (χ2n) is 5.19. The topological polar surface area (TPSA) is 142 Å². The molecule has 0 saturated carbocycles. The summed E-state index contributed by atoms with van der Waals surface area (Å²) in [5, 5.41) is 21.4. The number of nitro groups is 2. The van der Waals surface area contributed by atoms with Crippen molar-refractivity contribution >= 4 is 15.8 Å². The van der Waals surface area contributed by atoms with Crippen LogP contribution in [0.25, 0.3) is 0 Å². The molecule has 0 saturated heterocycles. The van der Waals surface area contributed by atoms with Gasteiger partial charge in [0, 0.05) is 12.1 Å². The van der Waals surface area contributed by atoms with E-state index >= 15 is 0 Å². The molecular weight excluding hydrogens is 342 g/mol. The van der Waals surface area contributed by atoms with E-state index in [1.54, 1.807) is 0 Å². The van der Waals surface area contributed by atoms with E-state index in [9.17, 15) is 28.6 Å². The molecule has 0 amide bonds. The lowest BCUT2D eigenvalue weighted by atomic mass is 10.1. The normalized spacial score (nSPS) is 12.4. The van der Waals surface area contributed by atoms with Gasteiger partial charge in [-0.05, 0) is 30.5 Å². The first-order chi connectivity index (χ1) is 11.1. The molecule has 1 rings (SSSR count). The summed E-state index contributed by atoms with van der Waals surface area (Å²) in [6.45, 7) is 3.36. The average molecular weight is 359 g/mol. The number of nitrogens with one attached hydrogen (secondary N) is 1. The maximum atomic E-state index is 11.9. The molecule has 24 heavy (non-hydrogen) atoms. The number of hydrogen-bond donors (Lipinski definition) is 1. The van der Waals surface area contributed by atoms with Crippen LogP contribution in [0.4, 0.5) is 5.69 Å². The fraction of sp³-hybridized carbons (Fsp3) is 0.385. The van der Waals surface area contributed by atoms with Crippen LogP contribution in [-0.2, 0) is 14.4 Å². The second-order valence-corrected chi connectivity index (χ2v) is 6.74. The van der Waals surface area contributed by atoms with E-state index in [4.69, 9.17) is 0 Å². The van der Waals surface area contributed by atoms with E-state index in [1.807, 2.05) is 19.3 Å². The third-order valence-electron chi connectivity index (χ3n) is 2.82. The number of rotatable bonds is 9. The first kappa shape index (κ1) is 19.7. The van der Waals surface area contributed by atoms with E-state index in [2.05, 4.69) is 4.28 Å². The van der Waals surface area contributed by atoms with Gasteiger partial charge in [0.05, 0.1) is 14.7 Å². The molecule has 0 aliphatic carbocycles. The van der Waals surface area contributed by atoms with Crippen LogP contribution in [0.5, 0.6) is 0 Å². The number of hydrogen-bond acceptors (Lipinski definition) is 8. The van der Waals surface area contributed by atoms with Crippen molar-refractivity contribution in [3.63, 3.8) is 0 Å². The predicted molar refractivity (Wildman–Crippen MR) is 83.9 cm³/mol. The molecule has 0 spiro atoms. The molecule has 1 aromatic carbocycles. The van der Waals surface area contributed by atoms with Crippen LogP contribution in [0, 0.1) is 26.1 Å². The van der Waals surface area contributed by atoms with Gasteiger partial charge in [-0.15, -0.1) is 0 Å². The molecule has 0 radical (unpaired) electrons. The zero-order valence-electron chi connectivity index (χ0n) is 13.0. The maximum Gasteiger partial charge on any atom is 0.312 e. The molecule has 0 aliphatic rings. The minimum Gasteiger partial charge on any atom is -0.259 e. The zero-order valence-corrected chi connectivity index (χ0v) is 13.9. The highest BCUT2D eigenvalue weighted by molar-refractivity contribution is 7.86. The minimum absolute atomic E-state index is 0.213. The second kappa shape index (κ2) is 8.47. The number of nitro benzene ring substituents is 1. The van der Waals surface area contributed by atoms with Crippen LogP contribution in [0.15, 0.2) is 40.9 Å². The van der Waals surface area contributed by atoms with Crippen LogP contribution < -0.4 is 5.48 Å². The van der Waals surface area contributed by atoms with Crippen molar-refractivity contribution in [2.75, 3.05) is 6.54 Å². The number of non-ortho nitro benzene ring substituents is 1. The summed E-state index contributed by atoms with van der Waals surface area (Å²) in [4.78, 5) is 19.8. The van der Waals surface area contributed by atoms with E-state index in [1.165, 1.54) is 6.08 Å². The summed E-state index contributed by atoms with van der Waals surface area (Å²) >= 11 is 0. The number of nitrogens with zero attached hydrogens (tertiary/aromatic N) is 2. The Morgan fingerprint density at radius 1 is 1.25 bits per heavy atom. The molecular formula is C13H17N3O7S. The smallest absolute Gasteiger partial charge is 0.259 e. The lowest BCUT2D eigenvalue weighted by molar-refractivity contribution is -0.427. The van der Waals surface area contributed by atoms with E-state index in [0.29, 0.717) is 6.42 Å². The van der Waals surface area contributed by atoms with Gasteiger partial charge in [0.2, 0.25) is 0 Å². The molecule has 0 heterocycles. The van der Waals surface area contributed by atoms with E-state index < -0.39 is 26.5 Å². The van der Waals surface area contributed by atoms with Crippen molar-refractivity contribution < 1.29 is 22.5 Å². The highest BCUT2D eigenvalue weighted by Gasteiger charge is 2.19. The first-order valence-corrected chi connectivity index (χ1v) is 8.28. The fourth-order valence-corrected chi connectivity index (χ4v) is 2.33. The quantitative estimate of drug-likeness (QED) is 0.521. The number of benzene rings is 1.